The zero-order chi connectivity index (χ0) is 19.8. The number of amides is 2. The van der Waals surface area contributed by atoms with Crippen LogP contribution in [-0.2, 0) is 19.1 Å². The molecule has 4 aliphatic rings. The van der Waals surface area contributed by atoms with Crippen LogP contribution in [0.25, 0.3) is 0 Å². The Hall–Kier alpha value is -1.74. The van der Waals surface area contributed by atoms with Gasteiger partial charge in [-0.1, -0.05) is 33.7 Å². The average molecular weight is 410 g/mol. The summed E-state index contributed by atoms with van der Waals surface area (Å²) in [6.45, 7) is 3.42. The minimum atomic E-state index is -1.18. The molecule has 4 saturated heterocycles. The van der Waals surface area contributed by atoms with E-state index in [4.69, 9.17) is 4.74 Å². The molecule has 4 unspecified atom stereocenters. The van der Waals surface area contributed by atoms with Crippen LogP contribution >= 0.6 is 21.6 Å². The summed E-state index contributed by atoms with van der Waals surface area (Å²) in [7, 11) is 5.58. The van der Waals surface area contributed by atoms with E-state index in [1.807, 2.05) is 0 Å². The molecule has 0 radical (unpaired) electrons. The third-order valence-corrected chi connectivity index (χ3v) is 9.63. The van der Waals surface area contributed by atoms with Gasteiger partial charge in [-0.15, -0.1) is 0 Å². The minimum Gasteiger partial charge on any atom is -0.469 e. The van der Waals surface area contributed by atoms with E-state index in [1.165, 1.54) is 45.7 Å². The number of ether oxygens (including phenoxy) is 1. The summed E-state index contributed by atoms with van der Waals surface area (Å²) in [5.74, 6) is -1.34. The lowest BCUT2D eigenvalue weighted by Crippen LogP contribution is -2.73. The number of halogens is 1. The molecule has 4 heterocycles. The summed E-state index contributed by atoms with van der Waals surface area (Å²) in [4.78, 5) is 40.3. The van der Waals surface area contributed by atoms with Gasteiger partial charge in [0.1, 0.15) is 5.82 Å². The van der Waals surface area contributed by atoms with Crippen molar-refractivity contribution in [3.8, 4) is 0 Å². The number of piperazine rings is 1. The summed E-state index contributed by atoms with van der Waals surface area (Å²) < 4.78 is 18.5. The molecule has 4 atom stereocenters. The third kappa shape index (κ3) is 2.12. The Morgan fingerprint density at radius 1 is 1.19 bits per heavy atom. The van der Waals surface area contributed by atoms with Crippen LogP contribution in [0.15, 0.2) is 24.3 Å². The smallest absolute Gasteiger partial charge is 0.314 e. The molecule has 0 aliphatic carbocycles. The maximum atomic E-state index is 13.5. The van der Waals surface area contributed by atoms with Crippen molar-refractivity contribution in [2.24, 2.45) is 5.41 Å². The van der Waals surface area contributed by atoms with Gasteiger partial charge in [-0.3, -0.25) is 14.4 Å². The van der Waals surface area contributed by atoms with Crippen molar-refractivity contribution in [1.29, 1.82) is 0 Å². The normalized spacial score (nSPS) is 37.6. The van der Waals surface area contributed by atoms with Gasteiger partial charge in [0.2, 0.25) is 0 Å². The van der Waals surface area contributed by atoms with Crippen LogP contribution < -0.4 is 0 Å². The summed E-state index contributed by atoms with van der Waals surface area (Å²) in [6, 6.07) is 4.99. The SMILES string of the molecule is COC(=O)C1(C)CC23SSC(C)(C(=O)N2C1c1ccc(F)cc1)N(C)C3=O. The Morgan fingerprint density at radius 2 is 1.81 bits per heavy atom. The molecule has 1 aromatic rings. The quantitative estimate of drug-likeness (QED) is 0.552. The second kappa shape index (κ2) is 5.64. The maximum Gasteiger partial charge on any atom is 0.314 e. The third-order valence-electron chi connectivity index (χ3n) is 5.93. The van der Waals surface area contributed by atoms with Crippen molar-refractivity contribution in [1.82, 2.24) is 9.80 Å². The van der Waals surface area contributed by atoms with Crippen molar-refractivity contribution in [2.45, 2.75) is 36.1 Å². The molecule has 144 valence electrons. The summed E-state index contributed by atoms with van der Waals surface area (Å²) in [5.41, 5.74) is -0.534. The highest BCUT2D eigenvalue weighted by molar-refractivity contribution is 8.78. The van der Waals surface area contributed by atoms with Crippen molar-refractivity contribution in [2.75, 3.05) is 14.2 Å². The van der Waals surface area contributed by atoms with Gasteiger partial charge in [0.25, 0.3) is 11.8 Å². The minimum absolute atomic E-state index is 0.136. The van der Waals surface area contributed by atoms with E-state index in [2.05, 4.69) is 0 Å². The maximum absolute atomic E-state index is 13.5. The lowest BCUT2D eigenvalue weighted by Gasteiger charge is -2.57. The molecule has 9 heteroatoms. The Labute approximate surface area is 164 Å². The monoisotopic (exact) mass is 410 g/mol. The number of rotatable bonds is 2. The van der Waals surface area contributed by atoms with E-state index < -0.39 is 33.0 Å². The van der Waals surface area contributed by atoms with Crippen LogP contribution in [0.3, 0.4) is 0 Å². The molecule has 27 heavy (non-hydrogen) atoms. The predicted molar refractivity (Wildman–Crippen MR) is 99.8 cm³/mol. The number of likely N-dealkylation sites (N-methyl/N-ethyl adjacent to an activating group) is 1. The van der Waals surface area contributed by atoms with E-state index >= 15 is 0 Å². The van der Waals surface area contributed by atoms with Gasteiger partial charge in [-0.05, 0) is 31.5 Å². The summed E-state index contributed by atoms with van der Waals surface area (Å²) in [6.07, 6.45) is 0.136. The van der Waals surface area contributed by atoms with Crippen LogP contribution in [0, 0.1) is 11.2 Å². The van der Waals surface area contributed by atoms with Crippen molar-refractivity contribution in [3.05, 3.63) is 35.6 Å². The van der Waals surface area contributed by atoms with Gasteiger partial charge >= 0.3 is 5.97 Å². The lowest BCUT2D eigenvalue weighted by molar-refractivity contribution is -0.165. The molecule has 2 bridgehead atoms. The van der Waals surface area contributed by atoms with E-state index in [1.54, 1.807) is 37.9 Å². The van der Waals surface area contributed by atoms with Gasteiger partial charge in [-0.2, -0.15) is 0 Å². The van der Waals surface area contributed by atoms with Crippen LogP contribution in [0.1, 0.15) is 31.9 Å². The number of nitrogens with zero attached hydrogens (tertiary/aromatic N) is 2. The molecule has 4 aliphatic heterocycles. The average Bonchev–Trinajstić information content (AvgIpc) is 2.94. The molecule has 4 fully saturated rings. The first-order chi connectivity index (χ1) is 12.6. The molecule has 6 nitrogen and oxygen atoms in total. The van der Waals surface area contributed by atoms with Gasteiger partial charge < -0.3 is 14.5 Å². The van der Waals surface area contributed by atoms with Gasteiger partial charge in [-0.25, -0.2) is 4.39 Å². The molecule has 1 aromatic carbocycles. The van der Waals surface area contributed by atoms with Gasteiger partial charge in [0, 0.05) is 13.5 Å². The topological polar surface area (TPSA) is 66.9 Å². The highest BCUT2D eigenvalue weighted by Gasteiger charge is 2.76. The van der Waals surface area contributed by atoms with Crippen molar-refractivity contribution < 1.29 is 23.5 Å². The second-order valence-electron chi connectivity index (χ2n) is 7.51. The zero-order valence-electron chi connectivity index (χ0n) is 15.3. The van der Waals surface area contributed by atoms with E-state index in [0.717, 1.165) is 0 Å². The fourth-order valence-corrected chi connectivity index (χ4v) is 7.96. The largest absolute Gasteiger partial charge is 0.469 e. The molecule has 0 saturated carbocycles. The number of esters is 1. The number of methoxy groups -OCH3 is 1. The Bertz CT molecular complexity index is 865. The first-order valence-corrected chi connectivity index (χ1v) is 10.6. The Morgan fingerprint density at radius 3 is 2.41 bits per heavy atom. The second-order valence-corrected chi connectivity index (χ2v) is 10.3. The first kappa shape index (κ1) is 18.6. The lowest BCUT2D eigenvalue weighted by atomic mass is 9.78. The predicted octanol–water partition coefficient (Wildman–Crippen LogP) is 2.56. The molecule has 5 rings (SSSR count). The number of carbonyl (C=O) groups excluding carboxylic acids is 3. The first-order valence-electron chi connectivity index (χ1n) is 8.44. The van der Waals surface area contributed by atoms with E-state index in [-0.39, 0.29) is 18.2 Å². The van der Waals surface area contributed by atoms with E-state index in [0.29, 0.717) is 5.56 Å². The number of benzene rings is 1. The molecule has 0 aromatic heterocycles. The fraction of sp³-hybridized carbons (Fsp3) is 0.500. The Balaban J connectivity index is 1.95. The number of hydrogen-bond donors (Lipinski definition) is 0. The van der Waals surface area contributed by atoms with E-state index in [9.17, 15) is 18.8 Å². The van der Waals surface area contributed by atoms with Gasteiger partial charge in [0.05, 0.1) is 18.6 Å². The van der Waals surface area contributed by atoms with Crippen LogP contribution in [0.5, 0.6) is 0 Å². The van der Waals surface area contributed by atoms with Crippen LogP contribution in [0.2, 0.25) is 0 Å². The Kier molecular flexibility index (Phi) is 3.89. The molecule has 0 N–H and O–H groups in total. The number of hydrogen-bond acceptors (Lipinski definition) is 6. The highest BCUT2D eigenvalue weighted by atomic mass is 33.1. The number of fused-ring (bicyclic) bond motifs is 2. The summed E-state index contributed by atoms with van der Waals surface area (Å²) in [5, 5.41) is 0. The molecular formula is C18H19FN2O4S2. The highest BCUT2D eigenvalue weighted by Crippen LogP contribution is 2.69. The van der Waals surface area contributed by atoms with Crippen molar-refractivity contribution in [3.63, 3.8) is 0 Å². The standard InChI is InChI=1S/C18H19FN2O4S2/c1-16(15(24)25-4)9-18-14(23)20(3)17(2,26-27-18)13(22)21(18)12(16)10-5-7-11(19)8-6-10/h5-8,12H,9H2,1-4H3. The number of carbonyl (C=O) groups is 3. The molecule has 1 spiro atoms. The van der Waals surface area contributed by atoms with Crippen LogP contribution in [0.4, 0.5) is 4.39 Å². The fourth-order valence-electron chi connectivity index (χ4n) is 4.38. The summed E-state index contributed by atoms with van der Waals surface area (Å²) >= 11 is 0. The van der Waals surface area contributed by atoms with Crippen molar-refractivity contribution >= 4 is 39.4 Å². The molecular weight excluding hydrogens is 391 g/mol. The van der Waals surface area contributed by atoms with Gasteiger partial charge in [0.15, 0.2) is 9.74 Å². The van der Waals surface area contributed by atoms with Crippen LogP contribution in [-0.4, -0.2) is 51.5 Å². The zero-order valence-corrected chi connectivity index (χ0v) is 16.9. The molecule has 2 amide bonds.